The number of alkyl halides is 3. The predicted octanol–water partition coefficient (Wildman–Crippen LogP) is 2.15. The van der Waals surface area contributed by atoms with E-state index in [-0.39, 0.29) is 19.5 Å². The highest BCUT2D eigenvalue weighted by Crippen LogP contribution is 2.43. The van der Waals surface area contributed by atoms with Crippen LogP contribution in [0.2, 0.25) is 0 Å². The van der Waals surface area contributed by atoms with Gasteiger partial charge in [0.25, 0.3) is 0 Å². The van der Waals surface area contributed by atoms with Crippen LogP contribution in [0.4, 0.5) is 13.2 Å². The molecule has 2 rings (SSSR count). The third kappa shape index (κ3) is 2.94. The first-order chi connectivity index (χ1) is 8.96. The highest BCUT2D eigenvalue weighted by atomic mass is 19.4. The lowest BCUT2D eigenvalue weighted by atomic mass is 9.85. The van der Waals surface area contributed by atoms with Crippen molar-refractivity contribution in [2.45, 2.75) is 38.3 Å². The molecule has 0 spiro atoms. The summed E-state index contributed by atoms with van der Waals surface area (Å²) in [6.07, 6.45) is 1.26. The van der Waals surface area contributed by atoms with E-state index in [0.29, 0.717) is 13.0 Å². The molecule has 0 aromatic heterocycles. The number of carbonyl (C=O) groups is 1. The molecule has 0 aromatic carbocycles. The molecule has 1 heterocycles. The lowest BCUT2D eigenvalue weighted by Crippen LogP contribution is -2.52. The van der Waals surface area contributed by atoms with Crippen LogP contribution in [0.5, 0.6) is 0 Å². The van der Waals surface area contributed by atoms with E-state index in [9.17, 15) is 18.0 Å². The molecule has 2 N–H and O–H groups in total. The van der Waals surface area contributed by atoms with Crippen molar-refractivity contribution in [1.29, 1.82) is 0 Å². The maximum Gasteiger partial charge on any atom is 0.404 e. The largest absolute Gasteiger partial charge is 0.404 e. The van der Waals surface area contributed by atoms with Gasteiger partial charge >= 0.3 is 6.18 Å². The van der Waals surface area contributed by atoms with Crippen LogP contribution >= 0.6 is 0 Å². The molecule has 1 saturated heterocycles. The van der Waals surface area contributed by atoms with Crippen molar-refractivity contribution in [2.75, 3.05) is 19.6 Å². The lowest BCUT2D eigenvalue weighted by Gasteiger charge is -2.29. The molecule has 1 fully saturated rings. The van der Waals surface area contributed by atoms with Gasteiger partial charge in [0, 0.05) is 13.1 Å². The van der Waals surface area contributed by atoms with Crippen molar-refractivity contribution >= 4 is 5.91 Å². The van der Waals surface area contributed by atoms with Crippen molar-refractivity contribution in [3.8, 4) is 0 Å². The van der Waals surface area contributed by atoms with Crippen LogP contribution < -0.4 is 10.6 Å². The predicted molar refractivity (Wildman–Crippen MR) is 65.5 cm³/mol. The molecule has 1 amide bonds. The Morgan fingerprint density at radius 3 is 2.79 bits per heavy atom. The molecule has 1 aliphatic heterocycles. The van der Waals surface area contributed by atoms with Gasteiger partial charge in [0.15, 0.2) is 5.41 Å². The van der Waals surface area contributed by atoms with Gasteiger partial charge < -0.3 is 10.6 Å². The molecule has 19 heavy (non-hydrogen) atoms. The van der Waals surface area contributed by atoms with Gasteiger partial charge in [-0.3, -0.25) is 4.79 Å². The quantitative estimate of drug-likeness (QED) is 0.772. The zero-order chi connectivity index (χ0) is 13.9. The topological polar surface area (TPSA) is 41.1 Å². The molecule has 1 unspecified atom stereocenters. The summed E-state index contributed by atoms with van der Waals surface area (Å²) in [6.45, 7) is 0.214. The van der Waals surface area contributed by atoms with E-state index in [4.69, 9.17) is 0 Å². The zero-order valence-corrected chi connectivity index (χ0v) is 10.8. The lowest BCUT2D eigenvalue weighted by molar-refractivity contribution is -0.215. The van der Waals surface area contributed by atoms with Crippen molar-refractivity contribution in [3.05, 3.63) is 11.6 Å². The number of nitrogens with one attached hydrogen (secondary N) is 2. The summed E-state index contributed by atoms with van der Waals surface area (Å²) >= 11 is 0. The Morgan fingerprint density at radius 2 is 2.26 bits per heavy atom. The highest BCUT2D eigenvalue weighted by molar-refractivity contribution is 5.84. The molecule has 0 bridgehead atoms. The van der Waals surface area contributed by atoms with Crippen molar-refractivity contribution in [3.63, 3.8) is 0 Å². The van der Waals surface area contributed by atoms with Crippen molar-refractivity contribution in [1.82, 2.24) is 10.6 Å². The van der Waals surface area contributed by atoms with E-state index >= 15 is 0 Å². The van der Waals surface area contributed by atoms with Gasteiger partial charge in [-0.1, -0.05) is 11.6 Å². The second-order valence-corrected chi connectivity index (χ2v) is 5.27. The first kappa shape index (κ1) is 14.4. The fraction of sp³-hybridized carbons (Fsp3) is 0.769. The number of hydrogen-bond acceptors (Lipinski definition) is 2. The van der Waals surface area contributed by atoms with Crippen LogP contribution in [-0.2, 0) is 4.79 Å². The highest BCUT2D eigenvalue weighted by Gasteiger charge is 2.61. The Kier molecular flexibility index (Phi) is 4.18. The molecule has 6 heteroatoms. The van der Waals surface area contributed by atoms with Gasteiger partial charge in [0.1, 0.15) is 0 Å². The van der Waals surface area contributed by atoms with Crippen LogP contribution in [0, 0.1) is 5.41 Å². The summed E-state index contributed by atoms with van der Waals surface area (Å²) in [4.78, 5) is 11.9. The first-order valence-corrected chi connectivity index (χ1v) is 6.69. The van der Waals surface area contributed by atoms with E-state index in [2.05, 4.69) is 16.7 Å². The average molecular weight is 276 g/mol. The molecule has 108 valence electrons. The smallest absolute Gasteiger partial charge is 0.355 e. The Hall–Kier alpha value is -1.04. The summed E-state index contributed by atoms with van der Waals surface area (Å²) in [7, 11) is 0. The zero-order valence-electron chi connectivity index (χ0n) is 10.8. The van der Waals surface area contributed by atoms with Gasteiger partial charge in [-0.05, 0) is 38.6 Å². The minimum atomic E-state index is -4.49. The average Bonchev–Trinajstić information content (AvgIpc) is 2.99. The van der Waals surface area contributed by atoms with Crippen LogP contribution in [0.15, 0.2) is 11.6 Å². The molecule has 0 saturated carbocycles. The second kappa shape index (κ2) is 5.53. The van der Waals surface area contributed by atoms with Crippen LogP contribution in [0.25, 0.3) is 0 Å². The molecular weight excluding hydrogens is 257 g/mol. The molecule has 3 nitrogen and oxygen atoms in total. The van der Waals surface area contributed by atoms with E-state index in [1.165, 1.54) is 5.57 Å². The number of hydrogen-bond donors (Lipinski definition) is 2. The third-order valence-corrected chi connectivity index (χ3v) is 4.00. The normalized spacial score (nSPS) is 27.4. The number of amides is 1. The van der Waals surface area contributed by atoms with Crippen molar-refractivity contribution in [2.24, 2.45) is 5.41 Å². The standard InChI is InChI=1S/C13H19F3N2O/c14-13(15,16)12(6-8-17-9-12)11(19)18-7-5-10-3-1-2-4-10/h3,17H,1-2,4-9H2,(H,18,19). The fourth-order valence-corrected chi connectivity index (χ4v) is 2.73. The Bertz CT molecular complexity index is 371. The monoisotopic (exact) mass is 276 g/mol. The maximum atomic E-state index is 13.1. The Labute approximate surface area is 110 Å². The van der Waals surface area contributed by atoms with E-state index in [1.807, 2.05) is 0 Å². The number of rotatable bonds is 4. The van der Waals surface area contributed by atoms with E-state index < -0.39 is 17.5 Å². The third-order valence-electron chi connectivity index (χ3n) is 4.00. The molecule has 0 aromatic rings. The minimum absolute atomic E-state index is 0.176. The minimum Gasteiger partial charge on any atom is -0.355 e. The molecular formula is C13H19F3N2O. The summed E-state index contributed by atoms with van der Waals surface area (Å²) < 4.78 is 39.2. The Morgan fingerprint density at radius 1 is 1.47 bits per heavy atom. The van der Waals surface area contributed by atoms with Gasteiger partial charge in [0.05, 0.1) is 0 Å². The Balaban J connectivity index is 1.89. The second-order valence-electron chi connectivity index (χ2n) is 5.27. The first-order valence-electron chi connectivity index (χ1n) is 6.69. The van der Waals surface area contributed by atoms with Crippen molar-refractivity contribution < 1.29 is 18.0 Å². The molecule has 1 atom stereocenters. The SMILES string of the molecule is O=C(NCCC1=CCCC1)C1(C(F)(F)F)CCNC1. The molecule has 1 aliphatic carbocycles. The molecule has 0 radical (unpaired) electrons. The number of allylic oxidation sites excluding steroid dienone is 1. The van der Waals surface area contributed by atoms with Crippen LogP contribution in [-0.4, -0.2) is 31.7 Å². The summed E-state index contributed by atoms with van der Waals surface area (Å²) in [5, 5.41) is 5.10. The van der Waals surface area contributed by atoms with Crippen LogP contribution in [0.1, 0.15) is 32.1 Å². The van der Waals surface area contributed by atoms with Gasteiger partial charge in [-0.2, -0.15) is 13.2 Å². The summed E-state index contributed by atoms with van der Waals surface area (Å²) in [5.41, 5.74) is -0.997. The van der Waals surface area contributed by atoms with Gasteiger partial charge in [-0.25, -0.2) is 0 Å². The number of carbonyl (C=O) groups excluding carboxylic acids is 1. The van der Waals surface area contributed by atoms with E-state index in [1.54, 1.807) is 0 Å². The van der Waals surface area contributed by atoms with Gasteiger partial charge in [-0.15, -0.1) is 0 Å². The maximum absolute atomic E-state index is 13.1. The summed E-state index contributed by atoms with van der Waals surface area (Å²) in [5.74, 6) is -0.886. The summed E-state index contributed by atoms with van der Waals surface area (Å²) in [6, 6.07) is 0. The molecule has 2 aliphatic rings. The van der Waals surface area contributed by atoms with E-state index in [0.717, 1.165) is 19.3 Å². The van der Waals surface area contributed by atoms with Crippen LogP contribution in [0.3, 0.4) is 0 Å². The fourth-order valence-electron chi connectivity index (χ4n) is 2.73. The van der Waals surface area contributed by atoms with Gasteiger partial charge in [0.2, 0.25) is 5.91 Å². The number of halogens is 3.